The smallest absolute Gasteiger partial charge is 0.411 e. The molecule has 43 nitrogen and oxygen atoms in total. The number of amides is 1. The van der Waals surface area contributed by atoms with E-state index in [-0.39, 0.29) is 125 Å². The first-order valence-corrected chi connectivity index (χ1v) is 53.1. The van der Waals surface area contributed by atoms with Gasteiger partial charge in [-0.3, -0.25) is 29.3 Å². The molecular weight excluding hydrogens is 2020 g/mol. The van der Waals surface area contributed by atoms with Gasteiger partial charge in [0.05, 0.1) is 166 Å². The summed E-state index contributed by atoms with van der Waals surface area (Å²) in [7, 11) is 6.37. The third-order valence-electron chi connectivity index (χ3n) is 19.4. The highest BCUT2D eigenvalue weighted by Gasteiger charge is 2.30. The van der Waals surface area contributed by atoms with Crippen molar-refractivity contribution < 1.29 is 192 Å². The Bertz CT molecular complexity index is 6360. The first-order valence-electron chi connectivity index (χ1n) is 43.7. The van der Waals surface area contributed by atoms with Crippen LogP contribution >= 0.6 is 0 Å². The molecule has 0 saturated heterocycles. The second kappa shape index (κ2) is 62.0. The maximum Gasteiger partial charge on any atom is 0.411 e. The summed E-state index contributed by atoms with van der Waals surface area (Å²) in [6.45, 7) is 2.68. The van der Waals surface area contributed by atoms with Crippen LogP contribution in [0.25, 0.3) is 0 Å². The summed E-state index contributed by atoms with van der Waals surface area (Å²) in [4.78, 5) is 142. The van der Waals surface area contributed by atoms with Crippen LogP contribution in [0.1, 0.15) is 193 Å². The molecule has 774 valence electrons. The van der Waals surface area contributed by atoms with Gasteiger partial charge in [0, 0.05) is 19.0 Å². The molecule has 1 N–H and O–H groups in total. The predicted molar refractivity (Wildman–Crippen MR) is 512 cm³/mol. The highest BCUT2D eigenvalue weighted by atomic mass is 32.2. The Morgan fingerprint density at radius 3 is 0.910 bits per heavy atom. The molecule has 2 fully saturated rings. The van der Waals surface area contributed by atoms with Crippen LogP contribution in [-0.4, -0.2) is 271 Å². The second-order valence-corrected chi connectivity index (χ2v) is 40.1. The van der Waals surface area contributed by atoms with E-state index in [1.807, 2.05) is 30.3 Å². The summed E-state index contributed by atoms with van der Waals surface area (Å²) in [5.74, 6) is -13.6. The Hall–Kier alpha value is -12.2. The third kappa shape index (κ3) is 50.5. The van der Waals surface area contributed by atoms with Gasteiger partial charge in [0.15, 0.2) is 0 Å². The molecule has 2 saturated carbocycles. The van der Waals surface area contributed by atoms with Gasteiger partial charge in [-0.15, -0.1) is 0 Å². The summed E-state index contributed by atoms with van der Waals surface area (Å²) in [5, 5.41) is 2.55. The predicted octanol–water partition coefficient (Wildman–Crippen LogP) is 5.47. The van der Waals surface area contributed by atoms with Crippen LogP contribution in [0, 0.1) is 17.8 Å². The van der Waals surface area contributed by atoms with E-state index in [0.717, 1.165) is 70.3 Å². The van der Waals surface area contributed by atoms with E-state index in [0.29, 0.717) is 39.1 Å². The fraction of sp³-hybridized carbons (Fsp3) is 0.400. The van der Waals surface area contributed by atoms with Crippen LogP contribution in [0.2, 0.25) is 0 Å². The summed E-state index contributed by atoms with van der Waals surface area (Å²) in [5.41, 5.74) is 4.75. The number of esters is 11. The molecule has 0 spiro atoms. The van der Waals surface area contributed by atoms with Crippen LogP contribution in [0.15, 0.2) is 140 Å². The fourth-order valence-corrected chi connectivity index (χ4v) is 13.7. The van der Waals surface area contributed by atoms with Gasteiger partial charge in [-0.05, 0) is 116 Å². The normalized spacial score (nSPS) is 12.5. The van der Waals surface area contributed by atoms with Crippen molar-refractivity contribution in [2.75, 3.05) is 79.5 Å². The minimum atomic E-state index is -4.49. The van der Waals surface area contributed by atoms with E-state index in [1.54, 1.807) is 45.0 Å². The summed E-state index contributed by atoms with van der Waals surface area (Å²) in [6, 6.07) is 35.2. The molecular formula is C90H97B6NO42S6-6. The van der Waals surface area contributed by atoms with Crippen molar-refractivity contribution in [2.24, 2.45) is 17.8 Å². The fourth-order valence-electron chi connectivity index (χ4n) is 12.0. The zero-order chi connectivity index (χ0) is 109. The highest BCUT2D eigenvalue weighted by molar-refractivity contribution is 7.86. The molecule has 0 unspecified atom stereocenters. The molecule has 145 heavy (non-hydrogen) atoms. The third-order valence-corrected chi connectivity index (χ3v) is 23.4. The van der Waals surface area contributed by atoms with Gasteiger partial charge < -0.3 is 84.2 Å². The molecule has 0 aliphatic heterocycles. The number of hydrogen-bond donors (Lipinski definition) is 1. The van der Waals surface area contributed by atoms with E-state index < -0.39 is 213 Å². The number of carbonyl (C=O) groups is 12. The van der Waals surface area contributed by atoms with Crippen LogP contribution < -0.4 is 29.0 Å². The Kier molecular flexibility index (Phi) is 53.5. The minimum absolute atomic E-state index is 0.0182. The molecule has 12 radical (unpaired) electrons. The molecule has 2 aliphatic rings. The lowest BCUT2D eigenvalue weighted by Crippen LogP contribution is -2.24. The number of benzene rings is 7. The van der Waals surface area contributed by atoms with Crippen molar-refractivity contribution in [3.63, 3.8) is 0 Å². The highest BCUT2D eigenvalue weighted by Crippen LogP contribution is 2.33. The van der Waals surface area contributed by atoms with E-state index >= 15 is 0 Å². The molecule has 2 aliphatic carbocycles. The molecule has 55 heteroatoms. The van der Waals surface area contributed by atoms with E-state index in [4.69, 9.17) is 99.2 Å². The topological polar surface area (TPSA) is 671 Å². The van der Waals surface area contributed by atoms with Crippen molar-refractivity contribution in [1.29, 1.82) is 0 Å². The monoisotopic (exact) mass is 2120 g/mol. The Morgan fingerprint density at radius 1 is 0.338 bits per heavy atom. The van der Waals surface area contributed by atoms with Crippen molar-refractivity contribution >= 4 is 185 Å². The van der Waals surface area contributed by atoms with Crippen LogP contribution in [0.4, 0.5) is 10.5 Å². The molecule has 0 heterocycles. The van der Waals surface area contributed by atoms with Gasteiger partial charge in [0.1, 0.15) is 103 Å². The molecule has 1 amide bonds. The first kappa shape index (κ1) is 125. The maximum absolute atomic E-state index is 12.4. The van der Waals surface area contributed by atoms with Gasteiger partial charge in [-0.1, -0.05) is 179 Å². The summed E-state index contributed by atoms with van der Waals surface area (Å²) < 4.78 is 248. The van der Waals surface area contributed by atoms with Crippen LogP contribution in [0.5, 0.6) is 28.7 Å². The number of hydrogen-bond acceptors (Lipinski definition) is 42. The standard InChI is InChI=1S/C18H18BNO7S.C17H21BO7S.C16H19BO7S.C14H17BO7S.C13H15BO7S.C12H13BO7S/c19-11-15-10-14(17(21)26-8-9-28(23,24)25)6-7-16(15)20-18(22)27-12-13-4-2-1-3-5-13;18-11-12-6-7-14(17(20)24-8-9-26(21,22)23)15(10-12)25-16(19)13-4-2-1-3-5-13;17-10-11-5-6-13(16(19)23-7-8-25(20,21)22)14(9-11)24-15(18)12-3-1-2-4-12;1-9(2)13(16)22-12-7-10(8-15)3-4-11(12)14(17)21-5-6-23(18,19)20;1-2-12(15)21-11-7-9(8-14)3-4-10(11)13(16)20-5-6-22(17,18)19;1-8(14)20-11-6-9(7-13)2-3-10(11)12(15)19-4-5-21(16,17)18/h1-7,10H,8-9,11-12H2,(H,20,22)(H,23,24,25);6-7,10,13H,1-5,8-9,11H2,(H,21,22,23);5-6,9,12H,1-4,7-8,10H2,(H,20,21,22);3-4,7,9H,5-6,8H2,1-2H3,(H,18,19,20);3-4,7H,2,5-6,8H2,1H3,(H,17,18,19);2-3,6H,4-5,7H2,1H3,(H,16,17,18)/p-6. The Balaban J connectivity index is 0.000000364. The van der Waals surface area contributed by atoms with E-state index in [9.17, 15) is 135 Å². The molecule has 7 aromatic rings. The average molecular weight is 2120 g/mol. The van der Waals surface area contributed by atoms with E-state index in [2.05, 4.69) is 10.1 Å². The van der Waals surface area contributed by atoms with Crippen molar-refractivity contribution in [3.05, 3.63) is 212 Å². The molecule has 0 bridgehead atoms. The largest absolute Gasteiger partial charge is 0.748 e. The number of carbonyl (C=O) groups excluding carboxylic acids is 12. The second-order valence-electron chi connectivity index (χ2n) is 31.0. The lowest BCUT2D eigenvalue weighted by molar-refractivity contribution is -0.140. The number of nitrogens with one attached hydrogen (secondary N) is 1. The SMILES string of the molecule is [B]Cc1cc(C(=O)OCCS(=O)(=O)[O-])ccc1NC(=O)OCc1ccccc1.[B]Cc1ccc(C(=O)OCCS(=O)(=O)[O-])c(OC(=O)C(C)C)c1.[B]Cc1ccc(C(=O)OCCS(=O)(=O)[O-])c(OC(=O)C2CCCC2)c1.[B]Cc1ccc(C(=O)OCCS(=O)(=O)[O-])c(OC(=O)C2CCCCC2)c1.[B]Cc1ccc(C(=O)OCCS(=O)(=O)[O-])c(OC(=O)CC)c1.[B]Cc1ccc(C(=O)OCCS(=O)(=O)[O-])c(OC(C)=O)c1. The summed E-state index contributed by atoms with van der Waals surface area (Å²) >= 11 is 0. The summed E-state index contributed by atoms with van der Waals surface area (Å²) in [6.07, 6.45) is 8.27. The van der Waals surface area contributed by atoms with Gasteiger partial charge in [-0.2, -0.15) is 0 Å². The lowest BCUT2D eigenvalue weighted by atomic mass is 9.89. The van der Waals surface area contributed by atoms with E-state index in [1.165, 1.54) is 84.9 Å². The first-order chi connectivity index (χ1) is 68.0. The zero-order valence-electron chi connectivity index (χ0n) is 78.6. The maximum atomic E-state index is 12.4. The lowest BCUT2D eigenvalue weighted by Gasteiger charge is -2.20. The number of anilines is 1. The van der Waals surface area contributed by atoms with Gasteiger partial charge in [0.25, 0.3) is 0 Å². The van der Waals surface area contributed by atoms with Crippen LogP contribution in [0.3, 0.4) is 0 Å². The Labute approximate surface area is 846 Å². The molecule has 0 atom stereocenters. The zero-order valence-corrected chi connectivity index (χ0v) is 83.5. The van der Waals surface area contributed by atoms with Crippen LogP contribution in [-0.2, 0) is 162 Å². The van der Waals surface area contributed by atoms with Crippen molar-refractivity contribution in [2.45, 2.75) is 136 Å². The molecule has 0 aromatic heterocycles. The molecule has 7 aromatic carbocycles. The van der Waals surface area contributed by atoms with Crippen molar-refractivity contribution in [1.82, 2.24) is 0 Å². The average Bonchev–Trinajstić information content (AvgIpc) is 1.73. The minimum Gasteiger partial charge on any atom is -0.748 e. The van der Waals surface area contributed by atoms with Gasteiger partial charge in [-0.25, -0.2) is 84.1 Å². The van der Waals surface area contributed by atoms with Crippen molar-refractivity contribution in [3.8, 4) is 28.7 Å². The number of ether oxygens (including phenoxy) is 12. The van der Waals surface area contributed by atoms with Gasteiger partial charge >= 0.3 is 71.8 Å². The quantitative estimate of drug-likeness (QED) is 0.0163. The number of rotatable bonds is 42. The Morgan fingerprint density at radius 2 is 0.628 bits per heavy atom. The molecule has 9 rings (SSSR count). The van der Waals surface area contributed by atoms with Gasteiger partial charge in [0.2, 0.25) is 0 Å².